The van der Waals surface area contributed by atoms with Gasteiger partial charge in [0.25, 0.3) is 0 Å². The van der Waals surface area contributed by atoms with Crippen molar-refractivity contribution in [3.05, 3.63) is 35.4 Å². The number of rotatable bonds is 7. The lowest BCUT2D eigenvalue weighted by Crippen LogP contribution is -2.60. The van der Waals surface area contributed by atoms with Gasteiger partial charge in [0.1, 0.15) is 35.9 Å². The molecular weight excluding hydrogens is 722 g/mol. The lowest BCUT2D eigenvalue weighted by atomic mass is 9.70. The quantitative estimate of drug-likeness (QED) is 0.301. The Bertz CT molecular complexity index is 1630. The van der Waals surface area contributed by atoms with Crippen molar-refractivity contribution < 1.29 is 52.7 Å². The summed E-state index contributed by atoms with van der Waals surface area (Å²) in [5, 5.41) is 25.2. The van der Waals surface area contributed by atoms with Gasteiger partial charge in [0, 0.05) is 29.7 Å². The smallest absolute Gasteiger partial charge is 0.311 e. The van der Waals surface area contributed by atoms with Crippen LogP contribution in [0.5, 0.6) is 0 Å². The zero-order chi connectivity index (χ0) is 41.1. The predicted octanol–water partition coefficient (Wildman–Crippen LogP) is 4.58. The number of ether oxygens (including phenoxy) is 6. The summed E-state index contributed by atoms with van der Waals surface area (Å²) >= 11 is 0. The van der Waals surface area contributed by atoms with Gasteiger partial charge in [-0.15, -0.1) is 0 Å². The fourth-order valence-electron chi connectivity index (χ4n) is 9.28. The first kappa shape index (κ1) is 43.7. The zero-order valence-electron chi connectivity index (χ0n) is 34.6. The number of nitriles is 1. The molecule has 56 heavy (non-hydrogen) atoms. The normalized spacial score (nSPS) is 40.8. The first-order valence-corrected chi connectivity index (χ1v) is 20.0. The van der Waals surface area contributed by atoms with Gasteiger partial charge < -0.3 is 43.3 Å². The number of ketones is 1. The number of hydrogen-bond acceptors (Lipinski definition) is 14. The Balaban J connectivity index is 1.58. The lowest BCUT2D eigenvalue weighted by Gasteiger charge is -2.48. The van der Waals surface area contributed by atoms with Crippen LogP contribution in [-0.4, -0.2) is 115 Å². The van der Waals surface area contributed by atoms with Crippen LogP contribution in [0.1, 0.15) is 92.2 Å². The van der Waals surface area contributed by atoms with E-state index in [2.05, 4.69) is 11.2 Å². The number of oxime groups is 1. The van der Waals surface area contributed by atoms with E-state index in [0.717, 1.165) is 5.56 Å². The number of carbonyl (C=O) groups excluding carboxylic acids is 3. The third kappa shape index (κ3) is 9.30. The minimum absolute atomic E-state index is 0.0203. The van der Waals surface area contributed by atoms with Gasteiger partial charge in [-0.05, 0) is 78.7 Å². The van der Waals surface area contributed by atoms with E-state index >= 15 is 0 Å². The molecule has 4 saturated heterocycles. The minimum atomic E-state index is -1.24. The molecule has 310 valence electrons. The topological polar surface area (TPSA) is 175 Å². The molecule has 0 saturated carbocycles. The molecule has 0 amide bonds. The number of esters is 2. The molecule has 0 unspecified atom stereocenters. The van der Waals surface area contributed by atoms with E-state index < -0.39 is 83.4 Å². The van der Waals surface area contributed by atoms with Crippen LogP contribution in [0.15, 0.2) is 29.4 Å². The van der Waals surface area contributed by atoms with E-state index in [9.17, 15) is 24.8 Å². The number of aliphatic hydroxyl groups is 1. The predicted molar refractivity (Wildman–Crippen MR) is 204 cm³/mol. The van der Waals surface area contributed by atoms with Crippen LogP contribution >= 0.6 is 0 Å². The fraction of sp³-hybridized carbons (Fsp3) is 0.738. The average molecular weight is 784 g/mol. The Hall–Kier alpha value is -3.45. The van der Waals surface area contributed by atoms with E-state index in [1.54, 1.807) is 38.1 Å². The van der Waals surface area contributed by atoms with Gasteiger partial charge in [0.05, 0.1) is 61.1 Å². The SMILES string of the molecule is CC[C@H]1OC(=O)[C@H](C)[C@H]2OC/C(=N\OCc3ccc(C#N)cc3)CO[C@](C)(C[C@@H](C)C(=O)[C@H](C)[C@@H]3CC(=O)O[C@]13C)[C@H](O[C@@H]1O[C@H](C)C[C@H](N(C)C)[C@H]1O)[C@@H]2C. The first-order valence-electron chi connectivity index (χ1n) is 20.0. The van der Waals surface area contributed by atoms with Gasteiger partial charge in [-0.1, -0.05) is 45.0 Å². The Morgan fingerprint density at radius 3 is 2.38 bits per heavy atom. The molecule has 2 bridgehead atoms. The molecule has 0 radical (unpaired) electrons. The van der Waals surface area contributed by atoms with Gasteiger partial charge in [-0.3, -0.25) is 14.4 Å². The molecule has 0 aromatic heterocycles. The number of benzene rings is 1. The van der Waals surface area contributed by atoms with E-state index in [1.165, 1.54) is 0 Å². The van der Waals surface area contributed by atoms with Gasteiger partial charge in [-0.2, -0.15) is 5.26 Å². The number of carbonyl (C=O) groups is 3. The Morgan fingerprint density at radius 2 is 1.73 bits per heavy atom. The number of cyclic esters (lactones) is 1. The lowest BCUT2D eigenvalue weighted by molar-refractivity contribution is -0.302. The van der Waals surface area contributed by atoms with Crippen LogP contribution in [0.2, 0.25) is 0 Å². The molecule has 0 spiro atoms. The highest BCUT2D eigenvalue weighted by Gasteiger charge is 2.57. The van der Waals surface area contributed by atoms with Crippen molar-refractivity contribution in [1.29, 1.82) is 5.26 Å². The summed E-state index contributed by atoms with van der Waals surface area (Å²) < 4.78 is 38.8. The Labute approximate surface area is 331 Å². The van der Waals surface area contributed by atoms with Crippen LogP contribution in [-0.2, 0) is 54.2 Å². The Morgan fingerprint density at radius 1 is 1.04 bits per heavy atom. The summed E-state index contributed by atoms with van der Waals surface area (Å²) in [7, 11) is 3.80. The summed E-state index contributed by atoms with van der Waals surface area (Å²) in [6.07, 6.45) is -3.73. The van der Waals surface area contributed by atoms with Gasteiger partial charge in [0.2, 0.25) is 0 Å². The van der Waals surface area contributed by atoms with Gasteiger partial charge in [-0.25, -0.2) is 0 Å². The maximum atomic E-state index is 14.5. The summed E-state index contributed by atoms with van der Waals surface area (Å²) in [5.74, 6) is -4.30. The van der Waals surface area contributed by atoms with Crippen LogP contribution < -0.4 is 0 Å². The molecule has 1 aromatic carbocycles. The highest BCUT2D eigenvalue weighted by atomic mass is 16.7. The molecule has 14 nitrogen and oxygen atoms in total. The molecule has 4 heterocycles. The third-order valence-corrected chi connectivity index (χ3v) is 12.5. The molecule has 0 aliphatic carbocycles. The maximum Gasteiger partial charge on any atom is 0.311 e. The highest BCUT2D eigenvalue weighted by Crippen LogP contribution is 2.46. The second kappa shape index (κ2) is 18.0. The number of aliphatic hydroxyl groups excluding tert-OH is 1. The van der Waals surface area contributed by atoms with E-state index in [1.807, 2.05) is 60.5 Å². The summed E-state index contributed by atoms with van der Waals surface area (Å²) in [6.45, 7) is 14.7. The summed E-state index contributed by atoms with van der Waals surface area (Å²) in [5.41, 5.74) is -0.730. The van der Waals surface area contributed by atoms with Crippen LogP contribution in [0, 0.1) is 40.9 Å². The van der Waals surface area contributed by atoms with Crippen molar-refractivity contribution in [2.75, 3.05) is 27.3 Å². The molecule has 14 atom stereocenters. The van der Waals surface area contributed by atoms with E-state index in [-0.39, 0.29) is 50.6 Å². The standard InChI is InChI=1S/C42H61N3O11/c1-11-33-42(8)31(17-34(46)56-42)25(4)35(47)23(2)18-41(7)38(55-40-36(48)32(45(9)10)16-24(3)53-40)26(5)37(27(6)39(49)54-33)50-21-30(22-51-41)44-52-20-29-14-12-28(19-43)13-15-29/h12-15,23-27,31-33,36-38,40,48H,11,16-18,20-22H2,1-10H3/b44-30+/t23-,24-,25-,26-,27-,31+,32+,33-,36-,37+,38-,40+,41-,42+/m1/s1. The number of Topliss-reactive ketones (excluding diaryl/α,β-unsaturated/α-hetero) is 1. The molecule has 1 aromatic rings. The van der Waals surface area contributed by atoms with Crippen molar-refractivity contribution in [3.63, 3.8) is 0 Å². The van der Waals surface area contributed by atoms with Gasteiger partial charge in [0.15, 0.2) is 6.29 Å². The van der Waals surface area contributed by atoms with E-state index in [4.69, 9.17) is 33.3 Å². The number of hydrogen-bond donors (Lipinski definition) is 1. The molecular formula is C42H61N3O11. The molecule has 4 aliphatic heterocycles. The molecule has 4 fully saturated rings. The minimum Gasteiger partial charge on any atom is -0.458 e. The Kier molecular flexibility index (Phi) is 14.0. The van der Waals surface area contributed by atoms with Crippen molar-refractivity contribution in [3.8, 4) is 6.07 Å². The van der Waals surface area contributed by atoms with Crippen molar-refractivity contribution >= 4 is 23.4 Å². The first-order chi connectivity index (χ1) is 26.4. The second-order valence-corrected chi connectivity index (χ2v) is 17.0. The number of fused-ring (bicyclic) bond motifs is 4. The fourth-order valence-corrected chi connectivity index (χ4v) is 9.28. The molecule has 14 heteroatoms. The van der Waals surface area contributed by atoms with E-state index in [0.29, 0.717) is 24.1 Å². The van der Waals surface area contributed by atoms with Crippen molar-refractivity contribution in [1.82, 2.24) is 4.90 Å². The van der Waals surface area contributed by atoms with Crippen molar-refractivity contribution in [2.45, 2.75) is 142 Å². The largest absolute Gasteiger partial charge is 0.458 e. The molecule has 1 N–H and O–H groups in total. The van der Waals surface area contributed by atoms with Crippen LogP contribution in [0.3, 0.4) is 0 Å². The molecule has 4 aliphatic rings. The second-order valence-electron chi connectivity index (χ2n) is 17.0. The third-order valence-electron chi connectivity index (χ3n) is 12.5. The monoisotopic (exact) mass is 783 g/mol. The zero-order valence-corrected chi connectivity index (χ0v) is 34.6. The summed E-state index contributed by atoms with van der Waals surface area (Å²) in [6, 6.07) is 8.81. The van der Waals surface area contributed by atoms with Gasteiger partial charge >= 0.3 is 11.9 Å². The highest BCUT2D eigenvalue weighted by molar-refractivity contribution is 5.87. The maximum absolute atomic E-state index is 14.5. The van der Waals surface area contributed by atoms with Crippen molar-refractivity contribution in [2.24, 2.45) is 34.7 Å². The summed E-state index contributed by atoms with van der Waals surface area (Å²) in [4.78, 5) is 49.4. The number of nitrogens with zero attached hydrogens (tertiary/aromatic N) is 3. The van der Waals surface area contributed by atoms with Crippen LogP contribution in [0.25, 0.3) is 0 Å². The van der Waals surface area contributed by atoms with Crippen LogP contribution in [0.4, 0.5) is 0 Å². The molecule has 5 rings (SSSR count). The average Bonchev–Trinajstić information content (AvgIpc) is 3.49. The number of likely N-dealkylation sites (N-methyl/N-ethyl adjacent to an activating group) is 1.